The summed E-state index contributed by atoms with van der Waals surface area (Å²) in [7, 11) is 1.65. The number of fused-ring (bicyclic) bond motifs is 1. The van der Waals surface area contributed by atoms with E-state index in [1.54, 1.807) is 19.2 Å². The van der Waals surface area contributed by atoms with Gasteiger partial charge in [0.15, 0.2) is 5.58 Å². The predicted octanol–water partition coefficient (Wildman–Crippen LogP) is 2.93. The Hall–Kier alpha value is -2.82. The minimum absolute atomic E-state index is 0.0912. The first kappa shape index (κ1) is 15.1. The molecule has 5 nitrogen and oxygen atoms in total. The van der Waals surface area contributed by atoms with E-state index in [0.717, 1.165) is 22.4 Å². The number of amides is 1. The largest absolute Gasteiger partial charge is 0.419 e. The molecule has 0 saturated heterocycles. The smallest absolute Gasteiger partial charge is 0.408 e. The highest BCUT2D eigenvalue weighted by atomic mass is 16.4. The van der Waals surface area contributed by atoms with Crippen LogP contribution in [-0.2, 0) is 18.3 Å². The Morgan fingerprint density at radius 3 is 2.78 bits per heavy atom. The monoisotopic (exact) mass is 310 g/mol. The highest BCUT2D eigenvalue weighted by Crippen LogP contribution is 2.19. The molecular formula is C18H18N2O3. The maximum absolute atomic E-state index is 12.3. The average molecular weight is 310 g/mol. The molecule has 3 aromatic rings. The van der Waals surface area contributed by atoms with E-state index in [-0.39, 0.29) is 12.3 Å². The molecule has 0 aliphatic rings. The normalized spacial score (nSPS) is 10.9. The molecule has 0 bridgehead atoms. The Labute approximate surface area is 133 Å². The van der Waals surface area contributed by atoms with Gasteiger partial charge in [-0.2, -0.15) is 0 Å². The van der Waals surface area contributed by atoms with Crippen LogP contribution in [0.15, 0.2) is 45.6 Å². The molecule has 3 rings (SSSR count). The van der Waals surface area contributed by atoms with Crippen molar-refractivity contribution in [3.8, 4) is 0 Å². The second-order valence-electron chi connectivity index (χ2n) is 5.70. The molecule has 23 heavy (non-hydrogen) atoms. The zero-order valence-corrected chi connectivity index (χ0v) is 13.3. The topological polar surface area (TPSA) is 64.2 Å². The lowest BCUT2D eigenvalue weighted by molar-refractivity contribution is -0.115. The number of rotatable bonds is 3. The van der Waals surface area contributed by atoms with Crippen molar-refractivity contribution in [3.63, 3.8) is 0 Å². The minimum Gasteiger partial charge on any atom is -0.408 e. The molecule has 1 amide bonds. The summed E-state index contributed by atoms with van der Waals surface area (Å²) in [6.45, 7) is 4.00. The summed E-state index contributed by atoms with van der Waals surface area (Å²) in [5, 5.41) is 2.94. The zero-order valence-electron chi connectivity index (χ0n) is 13.3. The molecule has 0 aliphatic carbocycles. The van der Waals surface area contributed by atoms with Crippen molar-refractivity contribution in [3.05, 3.63) is 63.6 Å². The van der Waals surface area contributed by atoms with Crippen molar-refractivity contribution in [2.75, 3.05) is 5.32 Å². The Balaban J connectivity index is 1.81. The second kappa shape index (κ2) is 5.76. The minimum atomic E-state index is -0.406. The van der Waals surface area contributed by atoms with E-state index in [1.807, 2.05) is 38.1 Å². The van der Waals surface area contributed by atoms with Crippen LogP contribution in [0.4, 0.5) is 5.69 Å². The van der Waals surface area contributed by atoms with Crippen molar-refractivity contribution in [1.29, 1.82) is 0 Å². The Bertz CT molecular complexity index is 951. The number of carbonyl (C=O) groups is 1. The molecule has 1 heterocycles. The van der Waals surface area contributed by atoms with Crippen molar-refractivity contribution in [2.24, 2.45) is 7.05 Å². The van der Waals surface area contributed by atoms with E-state index in [9.17, 15) is 9.59 Å². The summed E-state index contributed by atoms with van der Waals surface area (Å²) < 4.78 is 6.52. The first-order chi connectivity index (χ1) is 11.0. The number of oxazole rings is 1. The molecule has 118 valence electrons. The quantitative estimate of drug-likeness (QED) is 0.809. The molecule has 1 N–H and O–H groups in total. The van der Waals surface area contributed by atoms with Gasteiger partial charge in [0, 0.05) is 12.7 Å². The third-order valence-electron chi connectivity index (χ3n) is 4.10. The molecule has 0 unspecified atom stereocenters. The van der Waals surface area contributed by atoms with Crippen LogP contribution in [0.25, 0.3) is 11.1 Å². The molecule has 2 aromatic carbocycles. The fourth-order valence-corrected chi connectivity index (χ4v) is 2.55. The molecule has 5 heteroatoms. The van der Waals surface area contributed by atoms with E-state index >= 15 is 0 Å². The van der Waals surface area contributed by atoms with Crippen LogP contribution in [0, 0.1) is 13.8 Å². The van der Waals surface area contributed by atoms with E-state index in [0.29, 0.717) is 11.1 Å². The Kier molecular flexibility index (Phi) is 3.78. The van der Waals surface area contributed by atoms with Crippen LogP contribution < -0.4 is 11.1 Å². The van der Waals surface area contributed by atoms with Crippen LogP contribution in [0.5, 0.6) is 0 Å². The fraction of sp³-hybridized carbons (Fsp3) is 0.222. The number of aromatic nitrogens is 1. The summed E-state index contributed by atoms with van der Waals surface area (Å²) in [4.78, 5) is 23.8. The Morgan fingerprint density at radius 1 is 1.22 bits per heavy atom. The number of nitrogens with zero attached hydrogens (tertiary/aromatic N) is 1. The number of carbonyl (C=O) groups excluding carboxylic acids is 1. The van der Waals surface area contributed by atoms with Gasteiger partial charge in [-0.1, -0.05) is 18.2 Å². The second-order valence-corrected chi connectivity index (χ2v) is 5.70. The van der Waals surface area contributed by atoms with Crippen molar-refractivity contribution in [2.45, 2.75) is 20.3 Å². The van der Waals surface area contributed by atoms with Gasteiger partial charge in [-0.3, -0.25) is 9.36 Å². The molecule has 0 fully saturated rings. The van der Waals surface area contributed by atoms with Gasteiger partial charge in [0.2, 0.25) is 5.91 Å². The fourth-order valence-electron chi connectivity index (χ4n) is 2.55. The maximum Gasteiger partial charge on any atom is 0.419 e. The highest BCUT2D eigenvalue weighted by molar-refractivity contribution is 5.93. The highest BCUT2D eigenvalue weighted by Gasteiger charge is 2.10. The van der Waals surface area contributed by atoms with Crippen LogP contribution in [0.2, 0.25) is 0 Å². The number of aryl methyl sites for hydroxylation is 2. The van der Waals surface area contributed by atoms with Crippen molar-refractivity contribution in [1.82, 2.24) is 4.57 Å². The number of hydrogen-bond acceptors (Lipinski definition) is 3. The van der Waals surface area contributed by atoms with Gasteiger partial charge in [-0.05, 0) is 48.7 Å². The standard InChI is InChI=1S/C18H18N2O3/c1-11-5-4-6-14(12(11)2)19-17(21)10-13-7-8-16-15(9-13)20(3)18(22)23-16/h4-9H,10H2,1-3H3,(H,19,21). The predicted molar refractivity (Wildman–Crippen MR) is 89.7 cm³/mol. The first-order valence-corrected chi connectivity index (χ1v) is 7.40. The summed E-state index contributed by atoms with van der Waals surface area (Å²) in [6.07, 6.45) is 0.239. The summed E-state index contributed by atoms with van der Waals surface area (Å²) in [5.41, 5.74) is 5.07. The van der Waals surface area contributed by atoms with E-state index in [4.69, 9.17) is 4.42 Å². The molecule has 0 saturated carbocycles. The molecule has 0 radical (unpaired) electrons. The van der Waals surface area contributed by atoms with Gasteiger partial charge in [0.05, 0.1) is 11.9 Å². The van der Waals surface area contributed by atoms with Crippen LogP contribution in [-0.4, -0.2) is 10.5 Å². The third kappa shape index (κ3) is 2.90. The lowest BCUT2D eigenvalue weighted by Gasteiger charge is -2.10. The van der Waals surface area contributed by atoms with Gasteiger partial charge in [0.1, 0.15) is 0 Å². The van der Waals surface area contributed by atoms with Gasteiger partial charge >= 0.3 is 5.76 Å². The summed E-state index contributed by atoms with van der Waals surface area (Å²) >= 11 is 0. The lowest BCUT2D eigenvalue weighted by Crippen LogP contribution is -2.15. The average Bonchev–Trinajstić information content (AvgIpc) is 2.79. The molecule has 0 atom stereocenters. The molecule has 1 aromatic heterocycles. The van der Waals surface area contributed by atoms with E-state index < -0.39 is 5.76 Å². The van der Waals surface area contributed by atoms with Crippen molar-refractivity contribution >= 4 is 22.7 Å². The lowest BCUT2D eigenvalue weighted by atomic mass is 10.1. The molecule has 0 aliphatic heterocycles. The third-order valence-corrected chi connectivity index (χ3v) is 4.10. The van der Waals surface area contributed by atoms with E-state index in [2.05, 4.69) is 5.32 Å². The van der Waals surface area contributed by atoms with Gasteiger partial charge in [0.25, 0.3) is 0 Å². The molecule has 0 spiro atoms. The van der Waals surface area contributed by atoms with Crippen LogP contribution >= 0.6 is 0 Å². The number of hydrogen-bond donors (Lipinski definition) is 1. The number of anilines is 1. The SMILES string of the molecule is Cc1cccc(NC(=O)Cc2ccc3oc(=O)n(C)c3c2)c1C. The zero-order chi connectivity index (χ0) is 16.6. The van der Waals surface area contributed by atoms with Gasteiger partial charge in [-0.25, -0.2) is 4.79 Å². The summed E-state index contributed by atoms with van der Waals surface area (Å²) in [5.74, 6) is -0.497. The number of benzene rings is 2. The Morgan fingerprint density at radius 2 is 2.00 bits per heavy atom. The first-order valence-electron chi connectivity index (χ1n) is 7.40. The maximum atomic E-state index is 12.3. The van der Waals surface area contributed by atoms with Crippen LogP contribution in [0.1, 0.15) is 16.7 Å². The van der Waals surface area contributed by atoms with Crippen LogP contribution in [0.3, 0.4) is 0 Å². The summed E-state index contributed by atoms with van der Waals surface area (Å²) in [6, 6.07) is 11.2. The van der Waals surface area contributed by atoms with E-state index in [1.165, 1.54) is 4.57 Å². The van der Waals surface area contributed by atoms with Crippen molar-refractivity contribution < 1.29 is 9.21 Å². The number of nitrogens with one attached hydrogen (secondary N) is 1. The molecular weight excluding hydrogens is 292 g/mol. The van der Waals surface area contributed by atoms with Gasteiger partial charge < -0.3 is 9.73 Å². The van der Waals surface area contributed by atoms with Gasteiger partial charge in [-0.15, -0.1) is 0 Å².